The molecule has 0 spiro atoms. The summed E-state index contributed by atoms with van der Waals surface area (Å²) < 4.78 is 11.6. The first-order valence-electron chi connectivity index (χ1n) is 4.60. The van der Waals surface area contributed by atoms with Crippen molar-refractivity contribution in [3.05, 3.63) is 10.5 Å². The maximum Gasteiger partial charge on any atom is 0.350 e. The molecule has 0 aromatic heterocycles. The van der Waals surface area contributed by atoms with E-state index in [2.05, 4.69) is 4.83 Å². The summed E-state index contributed by atoms with van der Waals surface area (Å²) in [7, 11) is 1.75. The summed E-state index contributed by atoms with van der Waals surface area (Å²) >= 11 is 1.16. The van der Waals surface area contributed by atoms with Crippen LogP contribution in [0.5, 0.6) is 0 Å². The van der Waals surface area contributed by atoms with E-state index in [1.165, 1.54) is 13.8 Å². The summed E-state index contributed by atoms with van der Waals surface area (Å²) in [6, 6.07) is 0. The van der Waals surface area contributed by atoms with Crippen LogP contribution < -0.4 is 4.83 Å². The highest BCUT2D eigenvalue weighted by Gasteiger charge is 2.42. The third-order valence-corrected chi connectivity index (χ3v) is 2.85. The molecule has 1 fully saturated rings. The standard InChI is InChI=1S/C9H10N2O4S/c1-9(2)14-7(12)6(8(13)15-9)5-4-11(3)10-16-5/h4H,1-3H3/p+1. The number of carbonyl (C=O) groups is 2. The van der Waals surface area contributed by atoms with Crippen molar-refractivity contribution >= 4 is 30.1 Å². The van der Waals surface area contributed by atoms with E-state index < -0.39 is 17.7 Å². The number of carbonyl (C=O) groups excluding carboxylic acids is 2. The maximum absolute atomic E-state index is 11.7. The number of rotatable bonds is 0. The van der Waals surface area contributed by atoms with Crippen molar-refractivity contribution in [2.24, 2.45) is 0 Å². The highest BCUT2D eigenvalue weighted by Crippen LogP contribution is 2.28. The summed E-state index contributed by atoms with van der Waals surface area (Å²) in [5.74, 6) is -2.50. The molecule has 2 rings (SSSR count). The number of esters is 2. The second-order valence-corrected chi connectivity index (χ2v) is 4.68. The van der Waals surface area contributed by atoms with Crippen LogP contribution in [0, 0.1) is 0 Å². The number of hydrogen-bond acceptors (Lipinski definition) is 6. The molecule has 0 radical (unpaired) electrons. The number of ether oxygens (including phenoxy) is 2. The van der Waals surface area contributed by atoms with Gasteiger partial charge < -0.3 is 9.47 Å². The van der Waals surface area contributed by atoms with Gasteiger partial charge in [0.1, 0.15) is 4.91 Å². The second-order valence-electron chi connectivity index (χ2n) is 3.85. The van der Waals surface area contributed by atoms with Gasteiger partial charge in [-0.1, -0.05) is 0 Å². The van der Waals surface area contributed by atoms with Crippen LogP contribution in [0.25, 0.3) is 0 Å². The number of nitrogens with zero attached hydrogens (tertiary/aromatic N) is 1. The summed E-state index contributed by atoms with van der Waals surface area (Å²) in [6.07, 6.45) is 1.63. The molecule has 86 valence electrons. The van der Waals surface area contributed by atoms with E-state index in [1.807, 2.05) is 0 Å². The fourth-order valence-corrected chi connectivity index (χ4v) is 2.09. The van der Waals surface area contributed by atoms with Crippen molar-refractivity contribution < 1.29 is 23.7 Å². The number of nitrogens with one attached hydrogen (secondary N) is 1. The maximum atomic E-state index is 11.7. The minimum atomic E-state index is -1.19. The molecular formula is C9H11N2O4S+. The molecule has 2 heterocycles. The average molecular weight is 243 g/mol. The van der Waals surface area contributed by atoms with Gasteiger partial charge in [-0.15, -0.1) is 9.52 Å². The molecule has 0 aromatic rings. The van der Waals surface area contributed by atoms with Crippen molar-refractivity contribution in [2.75, 3.05) is 7.05 Å². The van der Waals surface area contributed by atoms with Gasteiger partial charge in [0.15, 0.2) is 12.6 Å². The highest BCUT2D eigenvalue weighted by molar-refractivity contribution is 8.02. The van der Waals surface area contributed by atoms with E-state index in [9.17, 15) is 9.59 Å². The third kappa shape index (κ3) is 1.90. The van der Waals surface area contributed by atoms with Gasteiger partial charge in [0.05, 0.1) is 11.9 Å². The summed E-state index contributed by atoms with van der Waals surface area (Å²) in [4.78, 5) is 26.7. The molecule has 0 atom stereocenters. The number of allylic oxidation sites excluding steroid dienone is 1. The quantitative estimate of drug-likeness (QED) is 0.212. The molecule has 1 N–H and O–H groups in total. The van der Waals surface area contributed by atoms with Crippen LogP contribution in [0.1, 0.15) is 13.8 Å². The fourth-order valence-electron chi connectivity index (χ4n) is 1.32. The van der Waals surface area contributed by atoms with Crippen molar-refractivity contribution in [3.63, 3.8) is 0 Å². The smallest absolute Gasteiger partial charge is 0.350 e. The Kier molecular flexibility index (Phi) is 2.42. The van der Waals surface area contributed by atoms with Crippen LogP contribution in [-0.2, 0) is 19.1 Å². The Balaban J connectivity index is 2.37. The zero-order valence-electron chi connectivity index (χ0n) is 9.07. The van der Waals surface area contributed by atoms with Crippen molar-refractivity contribution in [2.45, 2.75) is 19.6 Å². The first-order chi connectivity index (χ1) is 7.39. The molecule has 7 heteroatoms. The predicted octanol–water partition coefficient (Wildman–Crippen LogP) is -0.0439. The van der Waals surface area contributed by atoms with E-state index in [0.717, 1.165) is 11.9 Å². The fraction of sp³-hybridized carbons (Fsp3) is 0.444. The van der Waals surface area contributed by atoms with Crippen molar-refractivity contribution in [1.82, 2.24) is 4.83 Å². The van der Waals surface area contributed by atoms with Crippen LogP contribution in [0.4, 0.5) is 0 Å². The van der Waals surface area contributed by atoms with Gasteiger partial charge in [0.2, 0.25) is 6.21 Å². The summed E-state index contributed by atoms with van der Waals surface area (Å²) in [5.41, 5.74) is -0.0684. The lowest BCUT2D eigenvalue weighted by molar-refractivity contribution is -0.525. The Labute approximate surface area is 96.4 Å². The van der Waals surface area contributed by atoms with Crippen LogP contribution in [-0.4, -0.2) is 35.7 Å². The highest BCUT2D eigenvalue weighted by atomic mass is 32.2. The number of hydrazine groups is 1. The number of cyclic esters (lactones) is 2. The lowest BCUT2D eigenvalue weighted by atomic mass is 10.2. The molecule has 16 heavy (non-hydrogen) atoms. The molecule has 0 bridgehead atoms. The molecule has 0 aromatic carbocycles. The van der Waals surface area contributed by atoms with E-state index >= 15 is 0 Å². The molecule has 0 amide bonds. The van der Waals surface area contributed by atoms with Crippen LogP contribution >= 0.6 is 11.9 Å². The Morgan fingerprint density at radius 1 is 1.31 bits per heavy atom. The SMILES string of the molecule is C[N+]1=CC(=C2C(=O)OC(C)(C)OC2=O)SN1. The van der Waals surface area contributed by atoms with Crippen LogP contribution in [0.15, 0.2) is 10.5 Å². The van der Waals surface area contributed by atoms with E-state index in [-0.39, 0.29) is 5.57 Å². The molecule has 2 aliphatic rings. The lowest BCUT2D eigenvalue weighted by Gasteiger charge is -2.29. The Morgan fingerprint density at radius 3 is 2.31 bits per heavy atom. The number of hydrazone groups is 1. The number of hydrogen-bond donors (Lipinski definition) is 1. The molecule has 0 saturated carbocycles. The monoisotopic (exact) mass is 243 g/mol. The second kappa shape index (κ2) is 3.51. The zero-order chi connectivity index (χ0) is 11.9. The first-order valence-corrected chi connectivity index (χ1v) is 5.42. The Bertz CT molecular complexity index is 417. The van der Waals surface area contributed by atoms with Gasteiger partial charge in [-0.2, -0.15) is 0 Å². The average Bonchev–Trinajstić information content (AvgIpc) is 2.47. The molecule has 0 aliphatic carbocycles. The van der Waals surface area contributed by atoms with Gasteiger partial charge in [0, 0.05) is 13.8 Å². The van der Waals surface area contributed by atoms with E-state index in [4.69, 9.17) is 9.47 Å². The zero-order valence-corrected chi connectivity index (χ0v) is 9.88. The minimum Gasteiger partial charge on any atom is -0.419 e. The molecule has 0 unspecified atom stereocenters. The van der Waals surface area contributed by atoms with E-state index in [1.54, 1.807) is 17.9 Å². The summed E-state index contributed by atoms with van der Waals surface area (Å²) in [6.45, 7) is 3.03. The Morgan fingerprint density at radius 2 is 1.88 bits per heavy atom. The minimum absolute atomic E-state index is 0.0684. The topological polar surface area (TPSA) is 67.6 Å². The van der Waals surface area contributed by atoms with Crippen molar-refractivity contribution in [1.29, 1.82) is 0 Å². The van der Waals surface area contributed by atoms with Gasteiger partial charge >= 0.3 is 11.9 Å². The van der Waals surface area contributed by atoms with Gasteiger partial charge in [-0.3, -0.25) is 0 Å². The summed E-state index contributed by atoms with van der Waals surface area (Å²) in [5, 5.41) is 0. The van der Waals surface area contributed by atoms with Gasteiger partial charge in [-0.05, 0) is 0 Å². The molecule has 6 nitrogen and oxygen atoms in total. The lowest BCUT2D eigenvalue weighted by Crippen LogP contribution is -2.42. The molecular weight excluding hydrogens is 232 g/mol. The molecule has 2 aliphatic heterocycles. The first kappa shape index (κ1) is 11.0. The third-order valence-electron chi connectivity index (χ3n) is 1.94. The normalized spacial score (nSPS) is 23.6. The van der Waals surface area contributed by atoms with Crippen LogP contribution in [0.2, 0.25) is 0 Å². The van der Waals surface area contributed by atoms with E-state index in [0.29, 0.717) is 4.91 Å². The van der Waals surface area contributed by atoms with Gasteiger partial charge in [0.25, 0.3) is 5.79 Å². The molecule has 1 saturated heterocycles. The Hall–Kier alpha value is -1.50. The van der Waals surface area contributed by atoms with Crippen molar-refractivity contribution in [3.8, 4) is 0 Å². The predicted molar refractivity (Wildman–Crippen MR) is 56.3 cm³/mol. The van der Waals surface area contributed by atoms with Crippen LogP contribution in [0.3, 0.4) is 0 Å². The largest absolute Gasteiger partial charge is 0.419 e. The van der Waals surface area contributed by atoms with Gasteiger partial charge in [-0.25, -0.2) is 9.59 Å².